The zero-order chi connectivity index (χ0) is 9.12. The summed E-state index contributed by atoms with van der Waals surface area (Å²) >= 11 is 0. The second-order valence-corrected chi connectivity index (χ2v) is 4.40. The minimum atomic E-state index is -0.112. The Bertz CT molecular complexity index is 122. The van der Waals surface area contributed by atoms with Crippen molar-refractivity contribution in [2.45, 2.75) is 46.6 Å². The van der Waals surface area contributed by atoms with Crippen LogP contribution in [0.4, 0.5) is 0 Å². The molecule has 1 unspecified atom stereocenters. The monoisotopic (exact) mass is 177 g/mol. The van der Waals surface area contributed by atoms with Crippen molar-refractivity contribution in [2.24, 2.45) is 5.41 Å². The van der Waals surface area contributed by atoms with E-state index in [9.17, 15) is 0 Å². The first-order valence-electron chi connectivity index (χ1n) is 4.00. The molecule has 0 aliphatic carbocycles. The predicted molar refractivity (Wildman–Crippen MR) is 49.3 cm³/mol. The van der Waals surface area contributed by atoms with Gasteiger partial charge in [-0.2, -0.15) is 13.3 Å². The smallest absolute Gasteiger partial charge is 0.416 e. The summed E-state index contributed by atoms with van der Waals surface area (Å²) in [6, 6.07) is 0. The van der Waals surface area contributed by atoms with Gasteiger partial charge in [-0.05, 0) is 12.3 Å². The fourth-order valence-corrected chi connectivity index (χ4v) is 1.28. The molecule has 65 valence electrons. The van der Waals surface area contributed by atoms with E-state index in [1.807, 2.05) is 0 Å². The number of hydrogen-bond donors (Lipinski definition) is 0. The summed E-state index contributed by atoms with van der Waals surface area (Å²) in [5.41, 5.74) is 0.0416. The minimum absolute atomic E-state index is 0. The van der Waals surface area contributed by atoms with Gasteiger partial charge in [-0.1, -0.05) is 20.8 Å². The molecule has 0 amide bonds. The fraction of sp³-hybridized carbons (Fsp3) is 0.889. The van der Waals surface area contributed by atoms with E-state index in [4.69, 9.17) is 4.43 Å². The topological polar surface area (TPSA) is 9.23 Å². The van der Waals surface area contributed by atoms with Crippen LogP contribution in [0.3, 0.4) is 0 Å². The van der Waals surface area contributed by atoms with Crippen LogP contribution >= 0.6 is 0 Å². The predicted octanol–water partition coefficient (Wildman–Crippen LogP) is -0.490. The number of hydrogen-bond acceptors (Lipinski definition) is 1. The van der Waals surface area contributed by atoms with Gasteiger partial charge in [0, 0.05) is 5.60 Å². The van der Waals surface area contributed by atoms with Crippen LogP contribution in [0.15, 0.2) is 0 Å². The van der Waals surface area contributed by atoms with Crippen molar-refractivity contribution in [2.75, 3.05) is 0 Å². The SMILES string of the molecule is C[CH-]CC(C)(O[Si])C(C)(C)C.[Li+]. The molecule has 0 heterocycles. The molecule has 0 aromatic heterocycles. The molecule has 0 bridgehead atoms. The van der Waals surface area contributed by atoms with E-state index < -0.39 is 0 Å². The molecule has 3 radical (unpaired) electrons. The molecule has 0 aliphatic heterocycles. The van der Waals surface area contributed by atoms with Crippen LogP contribution in [0.2, 0.25) is 0 Å². The Hall–Kier alpha value is 0.774. The van der Waals surface area contributed by atoms with Crippen LogP contribution in [0.1, 0.15) is 41.0 Å². The summed E-state index contributed by atoms with van der Waals surface area (Å²) in [4.78, 5) is 0. The molecule has 0 N–H and O–H groups in total. The summed E-state index contributed by atoms with van der Waals surface area (Å²) in [6.07, 6.45) is 3.09. The fourth-order valence-electron chi connectivity index (χ4n) is 0.890. The van der Waals surface area contributed by atoms with Crippen molar-refractivity contribution < 1.29 is 23.3 Å². The van der Waals surface area contributed by atoms with Crippen molar-refractivity contribution in [3.8, 4) is 0 Å². The van der Waals surface area contributed by atoms with Gasteiger partial charge in [0.15, 0.2) is 0 Å². The van der Waals surface area contributed by atoms with Crippen molar-refractivity contribution in [3.63, 3.8) is 0 Å². The van der Waals surface area contributed by atoms with E-state index in [1.165, 1.54) is 0 Å². The first-order valence-corrected chi connectivity index (χ1v) is 4.41. The average molecular weight is 177 g/mol. The molecule has 1 nitrogen and oxygen atoms in total. The van der Waals surface area contributed by atoms with Gasteiger partial charge in [0.25, 0.3) is 0 Å². The summed E-state index contributed by atoms with van der Waals surface area (Å²) in [6.45, 7) is 10.7. The van der Waals surface area contributed by atoms with Crippen molar-refractivity contribution in [3.05, 3.63) is 6.42 Å². The van der Waals surface area contributed by atoms with E-state index in [-0.39, 0.29) is 29.9 Å². The molecule has 0 fully saturated rings. The third-order valence-corrected chi connectivity index (χ3v) is 2.86. The maximum atomic E-state index is 5.32. The quantitative estimate of drug-likeness (QED) is 0.417. The van der Waals surface area contributed by atoms with Gasteiger partial charge in [-0.25, -0.2) is 0 Å². The van der Waals surface area contributed by atoms with E-state index in [1.54, 1.807) is 0 Å². The molecular weight excluding hydrogens is 159 g/mol. The number of rotatable bonds is 3. The minimum Gasteiger partial charge on any atom is -0.416 e. The third-order valence-electron chi connectivity index (χ3n) is 2.41. The van der Waals surface area contributed by atoms with E-state index >= 15 is 0 Å². The molecule has 0 saturated carbocycles. The van der Waals surface area contributed by atoms with Crippen LogP contribution in [-0.2, 0) is 4.43 Å². The van der Waals surface area contributed by atoms with Crippen molar-refractivity contribution >= 4 is 10.5 Å². The maximum absolute atomic E-state index is 5.32. The van der Waals surface area contributed by atoms with Crippen LogP contribution in [0.5, 0.6) is 0 Å². The molecule has 0 aliphatic rings. The zero-order valence-corrected chi connectivity index (χ0v) is 10.2. The molecule has 12 heavy (non-hydrogen) atoms. The van der Waals surface area contributed by atoms with E-state index in [2.05, 4.69) is 51.5 Å². The Labute approximate surface area is 92.4 Å². The van der Waals surface area contributed by atoms with E-state index in [0.717, 1.165) is 6.42 Å². The summed E-state index contributed by atoms with van der Waals surface area (Å²) in [5, 5.41) is 0. The largest absolute Gasteiger partial charge is 1.00 e. The molecule has 3 heteroatoms. The molecular formula is C9H18LiOSi. The van der Waals surface area contributed by atoms with Crippen molar-refractivity contribution in [1.29, 1.82) is 0 Å². The van der Waals surface area contributed by atoms with Crippen LogP contribution in [0.25, 0.3) is 0 Å². The summed E-state index contributed by atoms with van der Waals surface area (Å²) in [7, 11) is 3.14. The Kier molecular flexibility index (Phi) is 6.98. The van der Waals surface area contributed by atoms with Gasteiger partial charge in [-0.15, -0.1) is 0 Å². The second kappa shape index (κ2) is 5.49. The van der Waals surface area contributed by atoms with Gasteiger partial charge >= 0.3 is 18.9 Å². The normalized spacial score (nSPS) is 16.5. The molecule has 0 spiro atoms. The van der Waals surface area contributed by atoms with Gasteiger partial charge in [0.1, 0.15) is 0 Å². The summed E-state index contributed by atoms with van der Waals surface area (Å²) in [5.74, 6) is 0. The average Bonchev–Trinajstić information content (AvgIpc) is 1.86. The Morgan fingerprint density at radius 3 is 1.75 bits per heavy atom. The molecule has 0 saturated heterocycles. The Balaban J connectivity index is 0. The summed E-state index contributed by atoms with van der Waals surface area (Å²) < 4.78 is 5.32. The Morgan fingerprint density at radius 1 is 1.25 bits per heavy atom. The molecule has 0 aromatic rings. The molecule has 0 rings (SSSR count). The van der Waals surface area contributed by atoms with Crippen LogP contribution in [0, 0.1) is 11.8 Å². The van der Waals surface area contributed by atoms with Gasteiger partial charge < -0.3 is 10.8 Å². The zero-order valence-electron chi connectivity index (χ0n) is 9.19. The van der Waals surface area contributed by atoms with Gasteiger partial charge in [0.2, 0.25) is 10.5 Å². The van der Waals surface area contributed by atoms with Crippen LogP contribution in [-0.4, -0.2) is 16.1 Å². The first kappa shape index (κ1) is 15.3. The maximum Gasteiger partial charge on any atom is 1.00 e. The molecule has 1 atom stereocenters. The first-order chi connectivity index (χ1) is 4.87. The van der Waals surface area contributed by atoms with E-state index in [0.29, 0.717) is 0 Å². The second-order valence-electron chi connectivity index (χ2n) is 4.20. The third kappa shape index (κ3) is 3.66. The van der Waals surface area contributed by atoms with Crippen LogP contribution < -0.4 is 18.9 Å². The Morgan fingerprint density at radius 2 is 1.67 bits per heavy atom. The molecule has 0 aromatic carbocycles. The van der Waals surface area contributed by atoms with Crippen molar-refractivity contribution in [1.82, 2.24) is 0 Å². The van der Waals surface area contributed by atoms with Gasteiger partial charge in [0.05, 0.1) is 0 Å². The standard InChI is InChI=1S/C9H18OSi.Li/c1-6-7-9(5,10-11)8(2,3)4;/h6H,7H2,1-5H3;/q-1;+1. The van der Waals surface area contributed by atoms with Gasteiger partial charge in [-0.3, -0.25) is 0 Å².